The molecule has 0 amide bonds. The standard InChI is InChI=1S/C11H14FNO2/c1-14-10-3-2-8(11(12)4-10)5-13-9-6-15-7-9/h2-4,9,13H,5-7H2,1H3. The topological polar surface area (TPSA) is 30.5 Å². The number of hydrogen-bond donors (Lipinski definition) is 1. The van der Waals surface area contributed by atoms with Gasteiger partial charge >= 0.3 is 0 Å². The number of ether oxygens (including phenoxy) is 2. The van der Waals surface area contributed by atoms with E-state index in [0.717, 1.165) is 13.2 Å². The molecule has 1 heterocycles. The first-order chi connectivity index (χ1) is 7.29. The molecule has 1 aromatic carbocycles. The predicted octanol–water partition coefficient (Wildman–Crippen LogP) is 1.32. The Bertz CT molecular complexity index is 339. The van der Waals surface area contributed by atoms with Crippen molar-refractivity contribution in [2.75, 3.05) is 20.3 Å². The Kier molecular flexibility index (Phi) is 3.18. The molecule has 3 nitrogen and oxygen atoms in total. The molecular formula is C11H14FNO2. The third-order valence-electron chi connectivity index (χ3n) is 2.48. The van der Waals surface area contributed by atoms with Crippen LogP contribution in [0, 0.1) is 5.82 Å². The molecule has 1 aromatic rings. The maximum absolute atomic E-state index is 13.5. The van der Waals surface area contributed by atoms with Gasteiger partial charge in [-0.05, 0) is 6.07 Å². The molecule has 0 atom stereocenters. The zero-order chi connectivity index (χ0) is 10.7. The van der Waals surface area contributed by atoms with Gasteiger partial charge in [0, 0.05) is 18.2 Å². The van der Waals surface area contributed by atoms with Crippen LogP contribution in [0.5, 0.6) is 5.75 Å². The molecule has 82 valence electrons. The third-order valence-corrected chi connectivity index (χ3v) is 2.48. The van der Waals surface area contributed by atoms with E-state index in [4.69, 9.17) is 9.47 Å². The van der Waals surface area contributed by atoms with Crippen molar-refractivity contribution in [2.45, 2.75) is 12.6 Å². The quantitative estimate of drug-likeness (QED) is 0.814. The summed E-state index contributed by atoms with van der Waals surface area (Å²) in [5.41, 5.74) is 0.655. The zero-order valence-corrected chi connectivity index (χ0v) is 8.63. The highest BCUT2D eigenvalue weighted by Crippen LogP contribution is 2.16. The van der Waals surface area contributed by atoms with Crippen molar-refractivity contribution >= 4 is 0 Å². The van der Waals surface area contributed by atoms with E-state index in [1.54, 1.807) is 12.1 Å². The molecule has 0 unspecified atom stereocenters. The van der Waals surface area contributed by atoms with Crippen molar-refractivity contribution in [3.05, 3.63) is 29.6 Å². The molecule has 4 heteroatoms. The summed E-state index contributed by atoms with van der Waals surface area (Å²) in [7, 11) is 1.53. The van der Waals surface area contributed by atoms with E-state index in [9.17, 15) is 4.39 Å². The monoisotopic (exact) mass is 211 g/mol. The van der Waals surface area contributed by atoms with Crippen molar-refractivity contribution in [2.24, 2.45) is 0 Å². The second-order valence-corrected chi connectivity index (χ2v) is 3.57. The Morgan fingerprint density at radius 1 is 1.53 bits per heavy atom. The van der Waals surface area contributed by atoms with Crippen molar-refractivity contribution in [1.29, 1.82) is 0 Å². The smallest absolute Gasteiger partial charge is 0.131 e. The van der Waals surface area contributed by atoms with E-state index in [0.29, 0.717) is 23.9 Å². The van der Waals surface area contributed by atoms with E-state index in [2.05, 4.69) is 5.32 Å². The van der Waals surface area contributed by atoms with Crippen LogP contribution in [0.1, 0.15) is 5.56 Å². The highest BCUT2D eigenvalue weighted by Gasteiger charge is 2.17. The van der Waals surface area contributed by atoms with E-state index < -0.39 is 0 Å². The minimum Gasteiger partial charge on any atom is -0.497 e. The van der Waals surface area contributed by atoms with Crippen LogP contribution in [0.15, 0.2) is 18.2 Å². The average molecular weight is 211 g/mol. The zero-order valence-electron chi connectivity index (χ0n) is 8.63. The van der Waals surface area contributed by atoms with Crippen LogP contribution in [0.2, 0.25) is 0 Å². The van der Waals surface area contributed by atoms with Gasteiger partial charge in [-0.1, -0.05) is 6.07 Å². The number of methoxy groups -OCH3 is 1. The lowest BCUT2D eigenvalue weighted by molar-refractivity contribution is -0.00588. The van der Waals surface area contributed by atoms with Crippen LogP contribution < -0.4 is 10.1 Å². The van der Waals surface area contributed by atoms with Crippen LogP contribution >= 0.6 is 0 Å². The van der Waals surface area contributed by atoms with Gasteiger partial charge in [-0.15, -0.1) is 0 Å². The SMILES string of the molecule is COc1ccc(CNC2COC2)c(F)c1. The molecule has 0 saturated carbocycles. The second-order valence-electron chi connectivity index (χ2n) is 3.57. The molecule has 0 aliphatic carbocycles. The Hall–Kier alpha value is -1.13. The first kappa shape index (κ1) is 10.4. The summed E-state index contributed by atoms with van der Waals surface area (Å²) in [5.74, 6) is 0.310. The summed E-state index contributed by atoms with van der Waals surface area (Å²) in [4.78, 5) is 0. The van der Waals surface area contributed by atoms with Gasteiger partial charge in [-0.25, -0.2) is 4.39 Å². The van der Waals surface area contributed by atoms with Gasteiger partial charge in [0.2, 0.25) is 0 Å². The van der Waals surface area contributed by atoms with Gasteiger partial charge in [0.1, 0.15) is 11.6 Å². The first-order valence-corrected chi connectivity index (χ1v) is 4.93. The summed E-state index contributed by atoms with van der Waals surface area (Å²) in [6.45, 7) is 1.97. The minimum absolute atomic E-state index is 0.234. The van der Waals surface area contributed by atoms with Crippen LogP contribution in [-0.2, 0) is 11.3 Å². The Balaban J connectivity index is 1.95. The summed E-state index contributed by atoms with van der Waals surface area (Å²) in [6, 6.07) is 5.26. The Morgan fingerprint density at radius 2 is 2.33 bits per heavy atom. The maximum atomic E-state index is 13.5. The fourth-order valence-electron chi connectivity index (χ4n) is 1.41. The van der Waals surface area contributed by atoms with Crippen molar-refractivity contribution in [3.63, 3.8) is 0 Å². The number of hydrogen-bond acceptors (Lipinski definition) is 3. The number of rotatable bonds is 4. The largest absolute Gasteiger partial charge is 0.497 e. The molecule has 0 bridgehead atoms. The molecule has 1 aliphatic rings. The maximum Gasteiger partial charge on any atom is 0.131 e. The molecule has 0 spiro atoms. The van der Waals surface area contributed by atoms with Crippen molar-refractivity contribution in [1.82, 2.24) is 5.32 Å². The fraction of sp³-hybridized carbons (Fsp3) is 0.455. The van der Waals surface area contributed by atoms with Gasteiger partial charge in [-0.3, -0.25) is 0 Å². The molecular weight excluding hydrogens is 197 g/mol. The van der Waals surface area contributed by atoms with Crippen LogP contribution in [0.25, 0.3) is 0 Å². The van der Waals surface area contributed by atoms with Crippen molar-refractivity contribution < 1.29 is 13.9 Å². The molecule has 0 aromatic heterocycles. The van der Waals surface area contributed by atoms with E-state index in [1.807, 2.05) is 0 Å². The summed E-state index contributed by atoms with van der Waals surface area (Å²) in [6.07, 6.45) is 0. The van der Waals surface area contributed by atoms with Crippen LogP contribution in [-0.4, -0.2) is 26.4 Å². The van der Waals surface area contributed by atoms with E-state index in [1.165, 1.54) is 13.2 Å². The highest BCUT2D eigenvalue weighted by atomic mass is 19.1. The molecule has 1 saturated heterocycles. The molecule has 2 rings (SSSR count). The first-order valence-electron chi connectivity index (χ1n) is 4.93. The summed E-state index contributed by atoms with van der Waals surface area (Å²) >= 11 is 0. The second kappa shape index (κ2) is 4.59. The molecule has 15 heavy (non-hydrogen) atoms. The van der Waals surface area contributed by atoms with Crippen LogP contribution in [0.3, 0.4) is 0 Å². The molecule has 1 fully saturated rings. The van der Waals surface area contributed by atoms with Gasteiger partial charge in [0.25, 0.3) is 0 Å². The lowest BCUT2D eigenvalue weighted by Crippen LogP contribution is -2.45. The number of nitrogens with one attached hydrogen (secondary N) is 1. The minimum atomic E-state index is -0.234. The summed E-state index contributed by atoms with van der Waals surface area (Å²) < 4.78 is 23.4. The Morgan fingerprint density at radius 3 is 2.87 bits per heavy atom. The van der Waals surface area contributed by atoms with E-state index in [-0.39, 0.29) is 5.82 Å². The van der Waals surface area contributed by atoms with Crippen molar-refractivity contribution in [3.8, 4) is 5.75 Å². The number of benzene rings is 1. The van der Waals surface area contributed by atoms with Gasteiger partial charge in [-0.2, -0.15) is 0 Å². The molecule has 0 radical (unpaired) electrons. The van der Waals surface area contributed by atoms with Gasteiger partial charge in [0.15, 0.2) is 0 Å². The lowest BCUT2D eigenvalue weighted by atomic mass is 10.1. The normalized spacial score (nSPS) is 16.1. The lowest BCUT2D eigenvalue weighted by Gasteiger charge is -2.27. The van der Waals surface area contributed by atoms with Gasteiger partial charge in [0.05, 0.1) is 26.4 Å². The summed E-state index contributed by atoms with van der Waals surface area (Å²) in [5, 5.41) is 3.21. The fourth-order valence-corrected chi connectivity index (χ4v) is 1.41. The third kappa shape index (κ3) is 2.46. The highest BCUT2D eigenvalue weighted by molar-refractivity contribution is 5.28. The van der Waals surface area contributed by atoms with Gasteiger partial charge < -0.3 is 14.8 Å². The molecule has 1 N–H and O–H groups in total. The van der Waals surface area contributed by atoms with E-state index >= 15 is 0 Å². The predicted molar refractivity (Wildman–Crippen MR) is 54.4 cm³/mol. The molecule has 1 aliphatic heterocycles. The van der Waals surface area contributed by atoms with Crippen LogP contribution in [0.4, 0.5) is 4.39 Å². The average Bonchev–Trinajstić information content (AvgIpc) is 2.18. The number of halogens is 1. The Labute approximate surface area is 88.2 Å².